The van der Waals surface area contributed by atoms with Crippen molar-refractivity contribution in [2.75, 3.05) is 0 Å². The highest BCUT2D eigenvalue weighted by atomic mass is 19.1. The third-order valence-electron chi connectivity index (χ3n) is 2.90. The molecular formula is C13H14F2N4O2. The molecule has 8 heteroatoms. The van der Waals surface area contributed by atoms with Crippen molar-refractivity contribution in [1.82, 2.24) is 20.5 Å². The van der Waals surface area contributed by atoms with Gasteiger partial charge in [-0.15, -0.1) is 0 Å². The van der Waals surface area contributed by atoms with Crippen LogP contribution in [0.25, 0.3) is 0 Å². The number of hydrogen-bond acceptors (Lipinski definition) is 4. The van der Waals surface area contributed by atoms with Gasteiger partial charge in [0.2, 0.25) is 0 Å². The lowest BCUT2D eigenvalue weighted by atomic mass is 10.1. The Labute approximate surface area is 119 Å². The second-order valence-electron chi connectivity index (χ2n) is 4.50. The van der Waals surface area contributed by atoms with E-state index in [9.17, 15) is 18.7 Å². The Morgan fingerprint density at radius 1 is 1.48 bits per heavy atom. The number of nitrogens with one attached hydrogen (secondary N) is 2. The van der Waals surface area contributed by atoms with E-state index in [4.69, 9.17) is 0 Å². The fourth-order valence-corrected chi connectivity index (χ4v) is 1.88. The highest BCUT2D eigenvalue weighted by Crippen LogP contribution is 2.23. The summed E-state index contributed by atoms with van der Waals surface area (Å²) in [5.41, 5.74) is -0.609. The summed E-state index contributed by atoms with van der Waals surface area (Å²) in [6.45, 7) is 3.49. The molecule has 0 spiro atoms. The third kappa shape index (κ3) is 3.15. The summed E-state index contributed by atoms with van der Waals surface area (Å²) in [6, 6.07) is 0.661. The van der Waals surface area contributed by atoms with Gasteiger partial charge >= 0.3 is 0 Å². The molecule has 0 aliphatic heterocycles. The summed E-state index contributed by atoms with van der Waals surface area (Å²) in [5, 5.41) is 18.6. The number of amides is 1. The van der Waals surface area contributed by atoms with Crippen molar-refractivity contribution in [3.8, 4) is 5.75 Å². The SMILES string of the molecule is CC[C@@H](NC(=O)c1c(O)cc(F)cc1F)c1n[nH]c(C)n1. The largest absolute Gasteiger partial charge is 0.507 e. The summed E-state index contributed by atoms with van der Waals surface area (Å²) in [5.74, 6) is -2.78. The number of carbonyl (C=O) groups excluding carboxylic acids is 1. The van der Waals surface area contributed by atoms with Crippen LogP contribution in [0.3, 0.4) is 0 Å². The van der Waals surface area contributed by atoms with Gasteiger partial charge in [0.05, 0.1) is 6.04 Å². The number of benzene rings is 1. The molecule has 0 fully saturated rings. The van der Waals surface area contributed by atoms with Gasteiger partial charge in [-0.3, -0.25) is 9.89 Å². The first kappa shape index (κ1) is 14.9. The zero-order valence-corrected chi connectivity index (χ0v) is 11.4. The van der Waals surface area contributed by atoms with E-state index >= 15 is 0 Å². The summed E-state index contributed by atoms with van der Waals surface area (Å²) in [4.78, 5) is 16.1. The number of nitrogens with zero attached hydrogens (tertiary/aromatic N) is 2. The number of aryl methyl sites for hydroxylation is 1. The van der Waals surface area contributed by atoms with E-state index in [1.165, 1.54) is 0 Å². The lowest BCUT2D eigenvalue weighted by Gasteiger charge is -2.14. The van der Waals surface area contributed by atoms with E-state index in [1.54, 1.807) is 13.8 Å². The van der Waals surface area contributed by atoms with Gasteiger partial charge in [-0.25, -0.2) is 13.8 Å². The van der Waals surface area contributed by atoms with Gasteiger partial charge in [-0.1, -0.05) is 6.92 Å². The number of rotatable bonds is 4. The second kappa shape index (κ2) is 5.86. The molecule has 0 radical (unpaired) electrons. The number of halogens is 2. The molecule has 3 N–H and O–H groups in total. The molecule has 1 atom stereocenters. The van der Waals surface area contributed by atoms with Gasteiger partial charge in [-0.05, 0) is 13.3 Å². The van der Waals surface area contributed by atoms with Crippen LogP contribution in [-0.4, -0.2) is 26.2 Å². The maximum absolute atomic E-state index is 13.6. The van der Waals surface area contributed by atoms with Gasteiger partial charge in [-0.2, -0.15) is 5.10 Å². The number of H-pyrrole nitrogens is 1. The Morgan fingerprint density at radius 3 is 2.71 bits per heavy atom. The molecule has 0 unspecified atom stereocenters. The number of phenols is 1. The smallest absolute Gasteiger partial charge is 0.258 e. The van der Waals surface area contributed by atoms with E-state index < -0.39 is 34.9 Å². The molecule has 1 aromatic heterocycles. The molecule has 6 nitrogen and oxygen atoms in total. The van der Waals surface area contributed by atoms with Crippen LogP contribution in [0.1, 0.15) is 41.4 Å². The molecule has 21 heavy (non-hydrogen) atoms. The van der Waals surface area contributed by atoms with Gasteiger partial charge in [0, 0.05) is 12.1 Å². The molecule has 2 aromatic rings. The van der Waals surface area contributed by atoms with Crippen LogP contribution in [0.4, 0.5) is 8.78 Å². The monoisotopic (exact) mass is 296 g/mol. The van der Waals surface area contributed by atoms with E-state index in [0.717, 1.165) is 0 Å². The number of aromatic hydroxyl groups is 1. The van der Waals surface area contributed by atoms with Crippen LogP contribution in [0, 0.1) is 18.6 Å². The van der Waals surface area contributed by atoms with E-state index in [-0.39, 0.29) is 0 Å². The molecule has 1 amide bonds. The van der Waals surface area contributed by atoms with Gasteiger partial charge in [0.25, 0.3) is 5.91 Å². The first-order valence-electron chi connectivity index (χ1n) is 6.30. The summed E-state index contributed by atoms with van der Waals surface area (Å²) >= 11 is 0. The average molecular weight is 296 g/mol. The molecule has 0 saturated carbocycles. The minimum absolute atomic E-state index is 0.352. The van der Waals surface area contributed by atoms with Crippen LogP contribution in [0.2, 0.25) is 0 Å². The van der Waals surface area contributed by atoms with E-state index in [0.29, 0.717) is 30.2 Å². The molecule has 0 bridgehead atoms. The summed E-state index contributed by atoms with van der Waals surface area (Å²) < 4.78 is 26.5. The summed E-state index contributed by atoms with van der Waals surface area (Å²) in [6.07, 6.45) is 0.465. The fourth-order valence-electron chi connectivity index (χ4n) is 1.88. The van der Waals surface area contributed by atoms with Crippen LogP contribution < -0.4 is 5.32 Å². The highest BCUT2D eigenvalue weighted by molar-refractivity contribution is 5.97. The Morgan fingerprint density at radius 2 is 2.19 bits per heavy atom. The number of carbonyl (C=O) groups is 1. The predicted octanol–water partition coefficient (Wildman–Crippen LogP) is 1.98. The standard InChI is InChI=1S/C13H14F2N4O2/c1-3-9(12-16-6(2)18-19-12)17-13(21)11-8(15)4-7(14)5-10(11)20/h4-5,9,20H,3H2,1-2H3,(H,17,21)(H,16,18,19)/t9-/m1/s1. The van der Waals surface area contributed by atoms with Crippen molar-refractivity contribution in [2.24, 2.45) is 0 Å². The topological polar surface area (TPSA) is 90.9 Å². The van der Waals surface area contributed by atoms with Crippen molar-refractivity contribution in [3.05, 3.63) is 41.0 Å². The zero-order chi connectivity index (χ0) is 15.6. The quantitative estimate of drug-likeness (QED) is 0.804. The molecule has 1 heterocycles. The summed E-state index contributed by atoms with van der Waals surface area (Å²) in [7, 11) is 0. The van der Waals surface area contributed by atoms with Crippen LogP contribution in [0.15, 0.2) is 12.1 Å². The Kier molecular flexibility index (Phi) is 4.15. The number of hydrogen-bond donors (Lipinski definition) is 3. The fraction of sp³-hybridized carbons (Fsp3) is 0.308. The van der Waals surface area contributed by atoms with Crippen molar-refractivity contribution in [2.45, 2.75) is 26.3 Å². The van der Waals surface area contributed by atoms with Crippen molar-refractivity contribution < 1.29 is 18.7 Å². The van der Waals surface area contributed by atoms with E-state index in [2.05, 4.69) is 20.5 Å². The van der Waals surface area contributed by atoms with Gasteiger partial charge in [0.1, 0.15) is 28.8 Å². The molecule has 0 saturated heterocycles. The molecule has 0 aliphatic carbocycles. The maximum Gasteiger partial charge on any atom is 0.258 e. The lowest BCUT2D eigenvalue weighted by molar-refractivity contribution is 0.0926. The lowest BCUT2D eigenvalue weighted by Crippen LogP contribution is -2.29. The number of phenolic OH excluding ortho intramolecular Hbond substituents is 1. The van der Waals surface area contributed by atoms with Gasteiger partial charge < -0.3 is 10.4 Å². The number of aromatic amines is 1. The Bertz CT molecular complexity index is 649. The maximum atomic E-state index is 13.6. The highest BCUT2D eigenvalue weighted by Gasteiger charge is 2.23. The molecule has 2 rings (SSSR count). The van der Waals surface area contributed by atoms with E-state index in [1.807, 2.05) is 0 Å². The molecule has 112 valence electrons. The predicted molar refractivity (Wildman–Crippen MR) is 69.6 cm³/mol. The molecule has 1 aromatic carbocycles. The van der Waals surface area contributed by atoms with Crippen LogP contribution in [-0.2, 0) is 0 Å². The molecule has 0 aliphatic rings. The molecular weight excluding hydrogens is 282 g/mol. The first-order chi connectivity index (χ1) is 9.92. The minimum atomic E-state index is -1.13. The minimum Gasteiger partial charge on any atom is -0.507 e. The third-order valence-corrected chi connectivity index (χ3v) is 2.90. The van der Waals surface area contributed by atoms with Crippen LogP contribution >= 0.6 is 0 Å². The zero-order valence-electron chi connectivity index (χ0n) is 11.4. The van der Waals surface area contributed by atoms with Crippen molar-refractivity contribution in [3.63, 3.8) is 0 Å². The normalized spacial score (nSPS) is 12.2. The van der Waals surface area contributed by atoms with Crippen molar-refractivity contribution >= 4 is 5.91 Å². The average Bonchev–Trinajstić information content (AvgIpc) is 2.81. The Hall–Kier alpha value is -2.51. The first-order valence-corrected chi connectivity index (χ1v) is 6.30. The second-order valence-corrected chi connectivity index (χ2v) is 4.50. The van der Waals surface area contributed by atoms with Crippen molar-refractivity contribution in [1.29, 1.82) is 0 Å². The Balaban J connectivity index is 2.24. The number of aromatic nitrogens is 3. The van der Waals surface area contributed by atoms with Crippen LogP contribution in [0.5, 0.6) is 5.75 Å². The van der Waals surface area contributed by atoms with Gasteiger partial charge in [0.15, 0.2) is 5.82 Å².